The smallest absolute Gasteiger partial charge is 0.319 e. The number of thioether (sulfide) groups is 1. The van der Waals surface area contributed by atoms with E-state index in [1.165, 1.54) is 0 Å². The molecule has 162 valence electrons. The molecule has 2 aromatic rings. The molecule has 0 radical (unpaired) electrons. The van der Waals surface area contributed by atoms with E-state index in [1.54, 1.807) is 28.8 Å². The van der Waals surface area contributed by atoms with E-state index in [0.29, 0.717) is 30.1 Å². The third-order valence-electron chi connectivity index (χ3n) is 5.52. The molecule has 0 unspecified atom stereocenters. The van der Waals surface area contributed by atoms with Crippen LogP contribution < -0.4 is 16.0 Å². The Morgan fingerprint density at radius 1 is 1.23 bits per heavy atom. The molecule has 4 amide bonds. The predicted octanol–water partition coefficient (Wildman–Crippen LogP) is 2.89. The Kier molecular flexibility index (Phi) is 6.38. The SMILES string of the molecule is CSc1cccc(NC(=O)N[C@H]2C[C@H]3C(=O)N[C@@H](Cc4ccc(Cl)cc4)C(=O)N3C2)c1. The lowest BCUT2D eigenvalue weighted by Gasteiger charge is -2.34. The zero-order valence-electron chi connectivity index (χ0n) is 16.9. The molecule has 0 spiro atoms. The number of rotatable bonds is 5. The zero-order valence-corrected chi connectivity index (χ0v) is 18.5. The molecule has 0 aromatic heterocycles. The summed E-state index contributed by atoms with van der Waals surface area (Å²) in [6.07, 6.45) is 2.76. The number of fused-ring (bicyclic) bond motifs is 1. The minimum atomic E-state index is -0.619. The molecule has 7 nitrogen and oxygen atoms in total. The maximum Gasteiger partial charge on any atom is 0.319 e. The average molecular weight is 459 g/mol. The van der Waals surface area contributed by atoms with Gasteiger partial charge in [0.05, 0.1) is 6.04 Å². The highest BCUT2D eigenvalue weighted by Crippen LogP contribution is 2.25. The van der Waals surface area contributed by atoms with Crippen LogP contribution in [0.1, 0.15) is 12.0 Å². The van der Waals surface area contributed by atoms with Crippen LogP contribution in [0.4, 0.5) is 10.5 Å². The van der Waals surface area contributed by atoms with Gasteiger partial charge < -0.3 is 20.9 Å². The highest BCUT2D eigenvalue weighted by atomic mass is 35.5. The van der Waals surface area contributed by atoms with Crippen LogP contribution in [0.5, 0.6) is 0 Å². The lowest BCUT2D eigenvalue weighted by molar-refractivity contribution is -0.147. The van der Waals surface area contributed by atoms with Crippen LogP contribution in [0.2, 0.25) is 5.02 Å². The highest BCUT2D eigenvalue weighted by molar-refractivity contribution is 7.98. The van der Waals surface area contributed by atoms with E-state index in [4.69, 9.17) is 11.6 Å². The normalized spacial score (nSPS) is 22.6. The number of carbonyl (C=O) groups is 3. The summed E-state index contributed by atoms with van der Waals surface area (Å²) in [4.78, 5) is 40.6. The van der Waals surface area contributed by atoms with Crippen molar-refractivity contribution in [1.82, 2.24) is 15.5 Å². The van der Waals surface area contributed by atoms with Gasteiger partial charge in [-0.3, -0.25) is 9.59 Å². The fourth-order valence-corrected chi connectivity index (χ4v) is 4.60. The van der Waals surface area contributed by atoms with Crippen LogP contribution in [0.15, 0.2) is 53.4 Å². The number of hydrogen-bond donors (Lipinski definition) is 3. The minimum absolute atomic E-state index is 0.128. The van der Waals surface area contributed by atoms with Gasteiger partial charge >= 0.3 is 6.03 Å². The first-order chi connectivity index (χ1) is 14.9. The summed E-state index contributed by atoms with van der Waals surface area (Å²) in [5, 5.41) is 9.16. The lowest BCUT2D eigenvalue weighted by atomic mass is 10.0. The topological polar surface area (TPSA) is 90.5 Å². The van der Waals surface area contributed by atoms with Gasteiger partial charge in [0, 0.05) is 28.6 Å². The van der Waals surface area contributed by atoms with Crippen molar-refractivity contribution >= 4 is 46.9 Å². The molecule has 2 saturated heterocycles. The first-order valence-corrected chi connectivity index (χ1v) is 11.6. The van der Waals surface area contributed by atoms with Gasteiger partial charge in [-0.05, 0) is 48.6 Å². The molecule has 0 aliphatic carbocycles. The molecule has 9 heteroatoms. The number of carbonyl (C=O) groups excluding carboxylic acids is 3. The largest absolute Gasteiger partial charge is 0.342 e. The second kappa shape index (κ2) is 9.20. The second-order valence-electron chi connectivity index (χ2n) is 7.66. The monoisotopic (exact) mass is 458 g/mol. The number of benzene rings is 2. The molecule has 2 aromatic carbocycles. The van der Waals surface area contributed by atoms with Crippen molar-refractivity contribution in [2.75, 3.05) is 18.1 Å². The Bertz CT molecular complexity index is 1000. The molecule has 4 rings (SSSR count). The summed E-state index contributed by atoms with van der Waals surface area (Å²) in [5.74, 6) is -0.312. The third-order valence-corrected chi connectivity index (χ3v) is 6.49. The van der Waals surface area contributed by atoms with Gasteiger partial charge in [0.25, 0.3) is 0 Å². The fourth-order valence-electron chi connectivity index (χ4n) is 4.01. The number of anilines is 1. The van der Waals surface area contributed by atoms with E-state index >= 15 is 0 Å². The second-order valence-corrected chi connectivity index (χ2v) is 8.98. The van der Waals surface area contributed by atoms with Crippen LogP contribution in [0, 0.1) is 0 Å². The van der Waals surface area contributed by atoms with Crippen molar-refractivity contribution < 1.29 is 14.4 Å². The molecule has 31 heavy (non-hydrogen) atoms. The van der Waals surface area contributed by atoms with Gasteiger partial charge in [-0.1, -0.05) is 29.8 Å². The Morgan fingerprint density at radius 2 is 2.00 bits per heavy atom. The van der Waals surface area contributed by atoms with Crippen molar-refractivity contribution in [3.05, 3.63) is 59.1 Å². The Balaban J connectivity index is 1.36. The van der Waals surface area contributed by atoms with Gasteiger partial charge in [0.15, 0.2) is 0 Å². The predicted molar refractivity (Wildman–Crippen MR) is 121 cm³/mol. The zero-order chi connectivity index (χ0) is 22.0. The van der Waals surface area contributed by atoms with Crippen LogP contribution in [-0.2, 0) is 16.0 Å². The summed E-state index contributed by atoms with van der Waals surface area (Å²) in [6, 6.07) is 12.9. The highest BCUT2D eigenvalue weighted by Gasteiger charge is 2.46. The summed E-state index contributed by atoms with van der Waals surface area (Å²) in [7, 11) is 0. The van der Waals surface area contributed by atoms with E-state index in [2.05, 4.69) is 16.0 Å². The molecular weight excluding hydrogens is 436 g/mol. The summed E-state index contributed by atoms with van der Waals surface area (Å²) in [5.41, 5.74) is 1.61. The van der Waals surface area contributed by atoms with Gasteiger partial charge in [-0.2, -0.15) is 0 Å². The first kappa shape index (κ1) is 21.5. The van der Waals surface area contributed by atoms with Crippen LogP contribution in [-0.4, -0.2) is 53.7 Å². The van der Waals surface area contributed by atoms with Crippen LogP contribution in [0.25, 0.3) is 0 Å². The maximum atomic E-state index is 13.0. The van der Waals surface area contributed by atoms with Crippen molar-refractivity contribution in [3.8, 4) is 0 Å². The van der Waals surface area contributed by atoms with E-state index < -0.39 is 12.1 Å². The van der Waals surface area contributed by atoms with Crippen molar-refractivity contribution in [3.63, 3.8) is 0 Å². The number of halogens is 1. The molecule has 2 heterocycles. The maximum absolute atomic E-state index is 13.0. The summed E-state index contributed by atoms with van der Waals surface area (Å²) in [6.45, 7) is 0.312. The molecule has 3 N–H and O–H groups in total. The minimum Gasteiger partial charge on any atom is -0.342 e. The van der Waals surface area contributed by atoms with Gasteiger partial charge in [0.2, 0.25) is 11.8 Å². The number of piperazine rings is 1. The fraction of sp³-hybridized carbons (Fsp3) is 0.318. The molecule has 0 bridgehead atoms. The van der Waals surface area contributed by atoms with Crippen molar-refractivity contribution in [1.29, 1.82) is 0 Å². The van der Waals surface area contributed by atoms with Gasteiger partial charge in [-0.25, -0.2) is 4.79 Å². The van der Waals surface area contributed by atoms with E-state index in [9.17, 15) is 14.4 Å². The lowest BCUT2D eigenvalue weighted by Crippen LogP contribution is -2.61. The Morgan fingerprint density at radius 3 is 2.74 bits per heavy atom. The molecule has 2 aliphatic rings. The molecule has 0 saturated carbocycles. The summed E-state index contributed by atoms with van der Waals surface area (Å²) < 4.78 is 0. The molecule has 2 aliphatic heterocycles. The quantitative estimate of drug-likeness (QED) is 0.601. The van der Waals surface area contributed by atoms with Crippen molar-refractivity contribution in [2.24, 2.45) is 0 Å². The Hall–Kier alpha value is -2.71. The Labute approximate surface area is 189 Å². The summed E-state index contributed by atoms with van der Waals surface area (Å²) >= 11 is 7.51. The van der Waals surface area contributed by atoms with Crippen LogP contribution >= 0.6 is 23.4 Å². The number of nitrogens with one attached hydrogen (secondary N) is 3. The number of urea groups is 1. The van der Waals surface area contributed by atoms with Crippen molar-refractivity contribution in [2.45, 2.75) is 35.9 Å². The third kappa shape index (κ3) is 4.97. The number of nitrogens with zero attached hydrogens (tertiary/aromatic N) is 1. The van der Waals surface area contributed by atoms with E-state index in [-0.39, 0.29) is 23.9 Å². The van der Waals surface area contributed by atoms with Gasteiger partial charge in [-0.15, -0.1) is 11.8 Å². The first-order valence-electron chi connectivity index (χ1n) is 10.00. The standard InChI is InChI=1S/C22H23ClN4O3S/c1-31-17-4-2-3-15(10-17)24-22(30)25-16-11-19-20(28)26-18(21(29)27(19)12-16)9-13-5-7-14(23)8-6-13/h2-8,10,16,18-19H,9,11-12H2,1H3,(H,26,28)(H2,24,25,30)/t16-,18-,19-/m0/s1. The van der Waals surface area contributed by atoms with Gasteiger partial charge in [0.1, 0.15) is 12.1 Å². The van der Waals surface area contributed by atoms with E-state index in [0.717, 1.165) is 10.5 Å². The molecular formula is C22H23ClN4O3S. The number of hydrogen-bond acceptors (Lipinski definition) is 4. The van der Waals surface area contributed by atoms with E-state index in [1.807, 2.05) is 42.7 Å². The molecule has 2 fully saturated rings. The van der Waals surface area contributed by atoms with Crippen LogP contribution in [0.3, 0.4) is 0 Å². The average Bonchev–Trinajstić information content (AvgIpc) is 3.18. The number of amides is 4. The molecule has 3 atom stereocenters.